The Morgan fingerprint density at radius 2 is 1.89 bits per heavy atom. The zero-order chi connectivity index (χ0) is 14.0. The zero-order valence-electron chi connectivity index (χ0n) is 10.1. The number of nitrogen functional groups attached to an aromatic ring is 1. The SMILES string of the molecule is COc1c(N)cccc1C(=O)c1ccc(F)cc1F. The molecule has 0 fully saturated rings. The number of anilines is 1. The highest BCUT2D eigenvalue weighted by Gasteiger charge is 2.19. The van der Waals surface area contributed by atoms with Gasteiger partial charge in [0.1, 0.15) is 11.6 Å². The smallest absolute Gasteiger partial charge is 0.199 e. The zero-order valence-corrected chi connectivity index (χ0v) is 10.1. The van der Waals surface area contributed by atoms with Crippen LogP contribution in [-0.2, 0) is 0 Å². The first kappa shape index (κ1) is 13.0. The summed E-state index contributed by atoms with van der Waals surface area (Å²) in [6.45, 7) is 0. The predicted octanol–water partition coefficient (Wildman–Crippen LogP) is 2.79. The van der Waals surface area contributed by atoms with E-state index in [9.17, 15) is 13.6 Å². The van der Waals surface area contributed by atoms with Crippen molar-refractivity contribution < 1.29 is 18.3 Å². The molecule has 0 spiro atoms. The van der Waals surface area contributed by atoms with Crippen molar-refractivity contribution in [2.75, 3.05) is 12.8 Å². The molecule has 2 aromatic rings. The number of carbonyl (C=O) groups is 1. The van der Waals surface area contributed by atoms with Gasteiger partial charge < -0.3 is 10.5 Å². The number of benzene rings is 2. The Bertz CT molecular complexity index is 641. The molecular weight excluding hydrogens is 252 g/mol. The van der Waals surface area contributed by atoms with Crippen LogP contribution < -0.4 is 10.5 Å². The number of ketones is 1. The summed E-state index contributed by atoms with van der Waals surface area (Å²) >= 11 is 0. The molecule has 2 N–H and O–H groups in total. The number of hydrogen-bond acceptors (Lipinski definition) is 3. The third-order valence-corrected chi connectivity index (χ3v) is 2.67. The minimum Gasteiger partial charge on any atom is -0.494 e. The van der Waals surface area contributed by atoms with E-state index in [0.717, 1.165) is 12.1 Å². The number of carbonyl (C=O) groups excluding carboxylic acids is 1. The summed E-state index contributed by atoms with van der Waals surface area (Å²) in [4.78, 5) is 12.2. The second-order valence-corrected chi connectivity index (χ2v) is 3.88. The fourth-order valence-electron chi connectivity index (χ4n) is 1.78. The number of methoxy groups -OCH3 is 1. The van der Waals surface area contributed by atoms with E-state index in [4.69, 9.17) is 10.5 Å². The molecule has 19 heavy (non-hydrogen) atoms. The molecule has 0 aliphatic heterocycles. The van der Waals surface area contributed by atoms with E-state index in [1.165, 1.54) is 13.2 Å². The van der Waals surface area contributed by atoms with E-state index < -0.39 is 17.4 Å². The summed E-state index contributed by atoms with van der Waals surface area (Å²) in [6, 6.07) is 7.38. The van der Waals surface area contributed by atoms with Gasteiger partial charge in [-0.1, -0.05) is 6.07 Å². The van der Waals surface area contributed by atoms with Crippen LogP contribution in [0.2, 0.25) is 0 Å². The minimum atomic E-state index is -0.922. The third kappa shape index (κ3) is 2.40. The van der Waals surface area contributed by atoms with Crippen LogP contribution in [0.4, 0.5) is 14.5 Å². The molecule has 0 aromatic heterocycles. The molecule has 0 saturated heterocycles. The highest BCUT2D eigenvalue weighted by molar-refractivity contribution is 6.11. The van der Waals surface area contributed by atoms with Gasteiger partial charge in [-0.3, -0.25) is 4.79 Å². The van der Waals surface area contributed by atoms with Gasteiger partial charge in [-0.05, 0) is 24.3 Å². The van der Waals surface area contributed by atoms with Crippen LogP contribution in [0.3, 0.4) is 0 Å². The van der Waals surface area contributed by atoms with Crippen LogP contribution in [0, 0.1) is 11.6 Å². The molecule has 0 heterocycles. The number of hydrogen-bond donors (Lipinski definition) is 1. The Morgan fingerprint density at radius 3 is 2.53 bits per heavy atom. The van der Waals surface area contributed by atoms with Crippen molar-refractivity contribution in [1.82, 2.24) is 0 Å². The first-order valence-corrected chi connectivity index (χ1v) is 5.47. The van der Waals surface area contributed by atoms with Gasteiger partial charge in [0.15, 0.2) is 11.5 Å². The largest absolute Gasteiger partial charge is 0.494 e. The molecule has 0 amide bonds. The normalized spacial score (nSPS) is 10.3. The molecule has 2 aromatic carbocycles. The van der Waals surface area contributed by atoms with Crippen molar-refractivity contribution in [1.29, 1.82) is 0 Å². The molecule has 3 nitrogen and oxygen atoms in total. The Hall–Kier alpha value is -2.43. The summed E-state index contributed by atoms with van der Waals surface area (Å²) in [5, 5.41) is 0. The van der Waals surface area contributed by atoms with Crippen molar-refractivity contribution in [3.63, 3.8) is 0 Å². The topological polar surface area (TPSA) is 52.3 Å². The second-order valence-electron chi connectivity index (χ2n) is 3.88. The molecule has 0 unspecified atom stereocenters. The van der Waals surface area contributed by atoms with E-state index in [2.05, 4.69) is 0 Å². The first-order chi connectivity index (χ1) is 9.04. The first-order valence-electron chi connectivity index (χ1n) is 5.47. The van der Waals surface area contributed by atoms with Gasteiger partial charge in [-0.2, -0.15) is 0 Å². The Balaban J connectivity index is 2.53. The van der Waals surface area contributed by atoms with E-state index in [1.54, 1.807) is 12.1 Å². The second kappa shape index (κ2) is 5.06. The lowest BCUT2D eigenvalue weighted by Gasteiger charge is -2.10. The van der Waals surface area contributed by atoms with E-state index in [-0.39, 0.29) is 22.6 Å². The van der Waals surface area contributed by atoms with Crippen molar-refractivity contribution in [3.05, 3.63) is 59.2 Å². The van der Waals surface area contributed by atoms with Crippen molar-refractivity contribution in [2.24, 2.45) is 0 Å². The summed E-state index contributed by atoms with van der Waals surface area (Å²) in [5.41, 5.74) is 5.85. The lowest BCUT2D eigenvalue weighted by Crippen LogP contribution is -2.08. The van der Waals surface area contributed by atoms with Crippen molar-refractivity contribution in [3.8, 4) is 5.75 Å². The summed E-state index contributed by atoms with van der Waals surface area (Å²) in [7, 11) is 1.36. The molecular formula is C14H11F2NO2. The summed E-state index contributed by atoms with van der Waals surface area (Å²) < 4.78 is 31.5. The monoisotopic (exact) mass is 263 g/mol. The lowest BCUT2D eigenvalue weighted by atomic mass is 10.0. The molecule has 0 atom stereocenters. The average molecular weight is 263 g/mol. The molecule has 0 aliphatic carbocycles. The van der Waals surface area contributed by atoms with Crippen LogP contribution >= 0.6 is 0 Å². The van der Waals surface area contributed by atoms with E-state index >= 15 is 0 Å². The highest BCUT2D eigenvalue weighted by atomic mass is 19.1. The van der Waals surface area contributed by atoms with Gasteiger partial charge in [0, 0.05) is 6.07 Å². The number of halogens is 2. The fraction of sp³-hybridized carbons (Fsp3) is 0.0714. The van der Waals surface area contributed by atoms with Gasteiger partial charge in [0.25, 0.3) is 0 Å². The maximum absolute atomic E-state index is 13.6. The molecule has 0 saturated carbocycles. The molecule has 0 radical (unpaired) electrons. The van der Waals surface area contributed by atoms with Gasteiger partial charge in [0.2, 0.25) is 0 Å². The fourth-order valence-corrected chi connectivity index (χ4v) is 1.78. The maximum atomic E-state index is 13.6. The molecule has 0 aliphatic rings. The highest BCUT2D eigenvalue weighted by Crippen LogP contribution is 2.28. The lowest BCUT2D eigenvalue weighted by molar-refractivity contribution is 0.103. The quantitative estimate of drug-likeness (QED) is 0.684. The molecule has 0 bridgehead atoms. The van der Waals surface area contributed by atoms with Crippen LogP contribution in [0.1, 0.15) is 15.9 Å². The van der Waals surface area contributed by atoms with Gasteiger partial charge in [-0.15, -0.1) is 0 Å². The maximum Gasteiger partial charge on any atom is 0.199 e. The van der Waals surface area contributed by atoms with Gasteiger partial charge >= 0.3 is 0 Å². The predicted molar refractivity (Wildman–Crippen MR) is 67.2 cm³/mol. The van der Waals surface area contributed by atoms with E-state index in [1.807, 2.05) is 0 Å². The standard InChI is InChI=1S/C14H11F2NO2/c1-19-14-10(3-2-4-12(14)17)13(18)9-6-5-8(15)7-11(9)16/h2-7H,17H2,1H3. The molecule has 98 valence electrons. The molecule has 5 heteroatoms. The van der Waals surface area contributed by atoms with Crippen LogP contribution in [-0.4, -0.2) is 12.9 Å². The Kier molecular flexibility index (Phi) is 3.46. The van der Waals surface area contributed by atoms with Crippen molar-refractivity contribution in [2.45, 2.75) is 0 Å². The number of ether oxygens (including phenoxy) is 1. The summed E-state index contributed by atoms with van der Waals surface area (Å²) in [6.07, 6.45) is 0. The number of nitrogens with two attached hydrogens (primary N) is 1. The van der Waals surface area contributed by atoms with Gasteiger partial charge in [-0.25, -0.2) is 8.78 Å². The van der Waals surface area contributed by atoms with Crippen LogP contribution in [0.25, 0.3) is 0 Å². The number of para-hydroxylation sites is 1. The van der Waals surface area contributed by atoms with Crippen molar-refractivity contribution >= 4 is 11.5 Å². The summed E-state index contributed by atoms with van der Waals surface area (Å²) in [5.74, 6) is -2.10. The third-order valence-electron chi connectivity index (χ3n) is 2.67. The Labute approximate surface area is 108 Å². The minimum absolute atomic E-state index is 0.132. The van der Waals surface area contributed by atoms with Crippen LogP contribution in [0.15, 0.2) is 36.4 Å². The van der Waals surface area contributed by atoms with E-state index in [0.29, 0.717) is 6.07 Å². The van der Waals surface area contributed by atoms with Crippen LogP contribution in [0.5, 0.6) is 5.75 Å². The van der Waals surface area contributed by atoms with Gasteiger partial charge in [0.05, 0.1) is 23.9 Å². The molecule has 2 rings (SSSR count). The Morgan fingerprint density at radius 1 is 1.16 bits per heavy atom. The number of rotatable bonds is 3. The average Bonchev–Trinajstić information content (AvgIpc) is 2.37.